The van der Waals surface area contributed by atoms with Crippen LogP contribution >= 0.6 is 0 Å². The fraction of sp³-hybridized carbons (Fsp3) is 0.462. The first-order valence-electron chi connectivity index (χ1n) is 11.6. The minimum Gasteiger partial charge on any atom is -0.490 e. The number of carbonyl (C=O) groups excluding carboxylic acids is 1. The quantitative estimate of drug-likeness (QED) is 0.680. The average Bonchev–Trinajstić information content (AvgIpc) is 3.11. The molecule has 1 fully saturated rings. The van der Waals surface area contributed by atoms with Crippen molar-refractivity contribution in [3.05, 3.63) is 59.7 Å². The van der Waals surface area contributed by atoms with Crippen LogP contribution in [0.5, 0.6) is 11.5 Å². The molecule has 6 nitrogen and oxygen atoms in total. The Bertz CT molecular complexity index is 964. The molecule has 0 aromatic heterocycles. The molecule has 0 unspecified atom stereocenters. The highest BCUT2D eigenvalue weighted by Gasteiger charge is 2.45. The van der Waals surface area contributed by atoms with Gasteiger partial charge in [-0.1, -0.05) is 50.2 Å². The molecule has 2 aliphatic rings. The lowest BCUT2D eigenvalue weighted by molar-refractivity contribution is -0.125. The first-order chi connectivity index (χ1) is 15.5. The van der Waals surface area contributed by atoms with Crippen LogP contribution in [0, 0.1) is 5.92 Å². The van der Waals surface area contributed by atoms with E-state index in [0.717, 1.165) is 49.5 Å². The lowest BCUT2D eigenvalue weighted by Crippen LogP contribution is -2.48. The summed E-state index contributed by atoms with van der Waals surface area (Å²) in [5.74, 6) is 2.78. The maximum Gasteiger partial charge on any atom is 0.253 e. The lowest BCUT2D eigenvalue weighted by atomic mass is 9.88. The van der Waals surface area contributed by atoms with Crippen LogP contribution in [0.3, 0.4) is 0 Å². The molecule has 1 saturated heterocycles. The van der Waals surface area contributed by atoms with Crippen molar-refractivity contribution in [3.63, 3.8) is 0 Å². The fourth-order valence-corrected chi connectivity index (χ4v) is 4.22. The van der Waals surface area contributed by atoms with Crippen molar-refractivity contribution in [2.24, 2.45) is 10.9 Å². The Balaban J connectivity index is 1.40. The highest BCUT2D eigenvalue weighted by Crippen LogP contribution is 2.33. The van der Waals surface area contributed by atoms with Crippen LogP contribution in [0.25, 0.3) is 0 Å². The molecule has 0 atom stereocenters. The maximum atomic E-state index is 12.8. The summed E-state index contributed by atoms with van der Waals surface area (Å²) in [7, 11) is 0. The molecule has 0 bridgehead atoms. The molecular formula is C26H33N3O3. The van der Waals surface area contributed by atoms with Crippen molar-refractivity contribution >= 4 is 11.7 Å². The van der Waals surface area contributed by atoms with E-state index in [1.54, 1.807) is 0 Å². The van der Waals surface area contributed by atoms with Gasteiger partial charge in [-0.2, -0.15) is 0 Å². The summed E-state index contributed by atoms with van der Waals surface area (Å²) in [6.45, 7) is 10.00. The molecule has 4 rings (SSSR count). The zero-order valence-electron chi connectivity index (χ0n) is 19.3. The van der Waals surface area contributed by atoms with Gasteiger partial charge in [0, 0.05) is 25.2 Å². The van der Waals surface area contributed by atoms with E-state index in [4.69, 9.17) is 14.5 Å². The van der Waals surface area contributed by atoms with Gasteiger partial charge in [0.15, 0.2) is 11.5 Å². The summed E-state index contributed by atoms with van der Waals surface area (Å²) >= 11 is 0. The Morgan fingerprint density at radius 2 is 1.81 bits per heavy atom. The van der Waals surface area contributed by atoms with Gasteiger partial charge in [0.05, 0.1) is 13.2 Å². The minimum absolute atomic E-state index is 0.0290. The lowest BCUT2D eigenvalue weighted by Gasteiger charge is -2.35. The van der Waals surface area contributed by atoms with Crippen molar-refractivity contribution in [2.45, 2.75) is 45.7 Å². The number of nitrogens with zero attached hydrogens (tertiary/aromatic N) is 2. The van der Waals surface area contributed by atoms with Gasteiger partial charge in [0.25, 0.3) is 5.91 Å². The summed E-state index contributed by atoms with van der Waals surface area (Å²) in [6.07, 6.45) is 1.45. The molecule has 170 valence electrons. The van der Waals surface area contributed by atoms with Crippen LogP contribution in [-0.2, 0) is 11.3 Å². The second-order valence-corrected chi connectivity index (χ2v) is 9.01. The normalized spacial score (nSPS) is 18.0. The second kappa shape index (κ2) is 9.74. The molecule has 32 heavy (non-hydrogen) atoms. The minimum atomic E-state index is -0.632. The summed E-state index contributed by atoms with van der Waals surface area (Å²) in [4.78, 5) is 20.0. The van der Waals surface area contributed by atoms with Gasteiger partial charge in [-0.3, -0.25) is 14.7 Å². The number of likely N-dealkylation sites (tertiary alicyclic amines) is 1. The highest BCUT2D eigenvalue weighted by atomic mass is 16.5. The number of piperidine rings is 1. The number of benzene rings is 2. The highest BCUT2D eigenvalue weighted by molar-refractivity contribution is 6.15. The molecule has 1 N–H and O–H groups in total. The number of nitrogens with one attached hydrogen (secondary N) is 1. The van der Waals surface area contributed by atoms with Crippen molar-refractivity contribution in [2.75, 3.05) is 26.3 Å². The number of carbonyl (C=O) groups is 1. The van der Waals surface area contributed by atoms with Gasteiger partial charge >= 0.3 is 0 Å². The van der Waals surface area contributed by atoms with E-state index in [1.807, 2.05) is 43.3 Å². The Labute approximate surface area is 190 Å². The summed E-state index contributed by atoms with van der Waals surface area (Å²) in [5, 5.41) is 3.00. The van der Waals surface area contributed by atoms with Gasteiger partial charge in [-0.15, -0.1) is 0 Å². The van der Waals surface area contributed by atoms with Crippen LogP contribution in [0.4, 0.5) is 0 Å². The van der Waals surface area contributed by atoms with Crippen molar-refractivity contribution < 1.29 is 14.3 Å². The average molecular weight is 436 g/mol. The standard InChI is InChI=1S/C26H33N3O3/c1-4-31-23-16-20(10-11-22(23)32-18-19(2)3)17-29-14-12-26(13-15-29)25(30)27-24(28-26)21-8-6-5-7-9-21/h5-11,16,19H,4,12-15,17-18H2,1-3H3,(H,27,28,30). The van der Waals surface area contributed by atoms with Gasteiger partial charge < -0.3 is 14.8 Å². The zero-order valence-corrected chi connectivity index (χ0v) is 19.3. The summed E-state index contributed by atoms with van der Waals surface area (Å²) < 4.78 is 11.7. The van der Waals surface area contributed by atoms with Crippen LogP contribution < -0.4 is 14.8 Å². The second-order valence-electron chi connectivity index (χ2n) is 9.01. The third-order valence-corrected chi connectivity index (χ3v) is 6.00. The number of rotatable bonds is 8. The van der Waals surface area contributed by atoms with E-state index in [1.165, 1.54) is 5.56 Å². The number of amides is 1. The molecule has 2 aromatic rings. The predicted molar refractivity (Wildman–Crippen MR) is 126 cm³/mol. The molecule has 2 aliphatic heterocycles. The van der Waals surface area contributed by atoms with E-state index in [-0.39, 0.29) is 5.91 Å². The summed E-state index contributed by atoms with van der Waals surface area (Å²) in [6, 6.07) is 16.1. The number of amidine groups is 1. The maximum absolute atomic E-state index is 12.8. The topological polar surface area (TPSA) is 63.2 Å². The van der Waals surface area contributed by atoms with Gasteiger partial charge in [0.1, 0.15) is 11.4 Å². The third-order valence-electron chi connectivity index (χ3n) is 6.00. The largest absolute Gasteiger partial charge is 0.490 e. The number of hydrogen-bond acceptors (Lipinski definition) is 5. The fourth-order valence-electron chi connectivity index (χ4n) is 4.22. The Morgan fingerprint density at radius 3 is 2.50 bits per heavy atom. The third kappa shape index (κ3) is 4.96. The molecule has 2 aromatic carbocycles. The van der Waals surface area contributed by atoms with E-state index < -0.39 is 5.54 Å². The Morgan fingerprint density at radius 1 is 1.06 bits per heavy atom. The predicted octanol–water partition coefficient (Wildman–Crippen LogP) is 4.03. The molecule has 0 saturated carbocycles. The molecule has 6 heteroatoms. The monoisotopic (exact) mass is 435 g/mol. The smallest absolute Gasteiger partial charge is 0.253 e. The molecule has 1 amide bonds. The first kappa shape index (κ1) is 22.3. The first-order valence-corrected chi connectivity index (χ1v) is 11.6. The summed E-state index contributed by atoms with van der Waals surface area (Å²) in [5.41, 5.74) is 1.52. The van der Waals surface area contributed by atoms with Gasteiger partial charge in [-0.05, 0) is 43.4 Å². The Hall–Kier alpha value is -2.86. The van der Waals surface area contributed by atoms with E-state index in [2.05, 4.69) is 36.2 Å². The molecular weight excluding hydrogens is 402 g/mol. The van der Waals surface area contributed by atoms with Crippen LogP contribution in [-0.4, -0.2) is 48.5 Å². The van der Waals surface area contributed by atoms with E-state index in [0.29, 0.717) is 25.0 Å². The zero-order chi connectivity index (χ0) is 22.6. The molecule has 2 heterocycles. The SMILES string of the molecule is CCOc1cc(CN2CCC3(CC2)N=C(c2ccccc2)NC3=O)ccc1OCC(C)C. The Kier molecular flexibility index (Phi) is 6.80. The van der Waals surface area contributed by atoms with Crippen molar-refractivity contribution in [3.8, 4) is 11.5 Å². The van der Waals surface area contributed by atoms with E-state index in [9.17, 15) is 4.79 Å². The van der Waals surface area contributed by atoms with Crippen LogP contribution in [0.15, 0.2) is 53.5 Å². The van der Waals surface area contributed by atoms with E-state index >= 15 is 0 Å². The number of aliphatic imine (C=N–C) groups is 1. The number of ether oxygens (including phenoxy) is 2. The number of hydrogen-bond donors (Lipinski definition) is 1. The van der Waals surface area contributed by atoms with Crippen molar-refractivity contribution in [1.82, 2.24) is 10.2 Å². The van der Waals surface area contributed by atoms with Crippen molar-refractivity contribution in [1.29, 1.82) is 0 Å². The molecule has 0 aliphatic carbocycles. The molecule has 1 spiro atoms. The molecule has 0 radical (unpaired) electrons. The van der Waals surface area contributed by atoms with Gasteiger partial charge in [0.2, 0.25) is 0 Å². The van der Waals surface area contributed by atoms with Crippen LogP contribution in [0.1, 0.15) is 44.7 Å². The van der Waals surface area contributed by atoms with Gasteiger partial charge in [-0.25, -0.2) is 0 Å². The van der Waals surface area contributed by atoms with Crippen LogP contribution in [0.2, 0.25) is 0 Å².